The molecule has 4 N–H and O–H groups in total. The third kappa shape index (κ3) is 40.3. The van der Waals surface area contributed by atoms with Crippen LogP contribution in [0.4, 0.5) is 0 Å². The molecule has 0 heterocycles. The lowest BCUT2D eigenvalue weighted by atomic mass is 10.1. The average Bonchev–Trinajstić information content (AvgIpc) is 3.18. The van der Waals surface area contributed by atoms with Crippen LogP contribution in [0.3, 0.4) is 0 Å². The van der Waals surface area contributed by atoms with Crippen LogP contribution in [0, 0.1) is 0 Å². The van der Waals surface area contributed by atoms with Gasteiger partial charge in [-0.3, -0.25) is 18.6 Å². The summed E-state index contributed by atoms with van der Waals surface area (Å²) in [5.41, 5.74) is 0. The predicted octanol–water partition coefficient (Wildman–Crippen LogP) is 11.6. The summed E-state index contributed by atoms with van der Waals surface area (Å²) in [5.74, 6) is -2.39. The van der Waals surface area contributed by atoms with Crippen LogP contribution in [0.25, 0.3) is 0 Å². The van der Waals surface area contributed by atoms with E-state index in [1.54, 1.807) is 0 Å². The molecular weight excluding hydrogens is 745 g/mol. The Kier molecular flexibility index (Phi) is 38.8. The monoisotopic (exact) mass is 828 g/mol. The largest absolute Gasteiger partial charge is 0.480 e. The number of phosphoric acid groups is 1. The highest BCUT2D eigenvalue weighted by Crippen LogP contribution is 2.43. The zero-order chi connectivity index (χ0) is 42.1. The van der Waals surface area contributed by atoms with Crippen LogP contribution in [-0.4, -0.2) is 64.9 Å². The summed E-state index contributed by atoms with van der Waals surface area (Å²) in [6.45, 7) is 2.55. The van der Waals surface area contributed by atoms with E-state index >= 15 is 0 Å². The number of unbranched alkanes of at least 4 members (excludes halogenated alkanes) is 22. The minimum atomic E-state index is -4.76. The van der Waals surface area contributed by atoms with Crippen LogP contribution >= 0.6 is 7.82 Å². The second kappa shape index (κ2) is 40.5. The van der Waals surface area contributed by atoms with Crippen LogP contribution in [0.2, 0.25) is 0 Å². The minimum Gasteiger partial charge on any atom is -0.480 e. The van der Waals surface area contributed by atoms with Gasteiger partial charge in [0.2, 0.25) is 5.91 Å². The first kappa shape index (κ1) is 54.7. The van der Waals surface area contributed by atoms with Crippen molar-refractivity contribution >= 4 is 25.7 Å². The summed E-state index contributed by atoms with van der Waals surface area (Å²) >= 11 is 0. The molecule has 0 aromatic heterocycles. The normalized spacial score (nSPS) is 14.0. The molecule has 11 nitrogen and oxygen atoms in total. The fraction of sp³-hybridized carbons (Fsp3) is 0.800. The van der Waals surface area contributed by atoms with Crippen molar-refractivity contribution in [3.63, 3.8) is 0 Å². The topological polar surface area (TPSA) is 169 Å². The number of carboxylic acid groups (broad SMARTS) is 1. The van der Waals surface area contributed by atoms with E-state index in [-0.39, 0.29) is 12.8 Å². The summed E-state index contributed by atoms with van der Waals surface area (Å²) in [5, 5.41) is 21.8. The van der Waals surface area contributed by atoms with Gasteiger partial charge in [-0.15, -0.1) is 0 Å². The van der Waals surface area contributed by atoms with Crippen molar-refractivity contribution in [2.45, 2.75) is 212 Å². The van der Waals surface area contributed by atoms with Crippen LogP contribution < -0.4 is 5.32 Å². The van der Waals surface area contributed by atoms with Crippen molar-refractivity contribution < 1.29 is 47.8 Å². The Morgan fingerprint density at radius 3 is 1.47 bits per heavy atom. The zero-order valence-electron chi connectivity index (χ0n) is 35.9. The molecule has 0 rings (SSSR count). The molecule has 0 fully saturated rings. The molecule has 0 aliphatic heterocycles. The SMILES string of the molecule is CCCCC/C=C\C/C=C\CCCCCCCCCCCC(=O)OCC(O)COP(=O)(O)OCC(NC(=O)CCCCCCC/C=C\CCCCCCC)C(=O)O. The fourth-order valence-corrected chi connectivity index (χ4v) is 6.88. The minimum absolute atomic E-state index is 0.136. The summed E-state index contributed by atoms with van der Waals surface area (Å²) in [6.07, 6.45) is 43.1. The van der Waals surface area contributed by atoms with Gasteiger partial charge in [-0.25, -0.2) is 9.36 Å². The summed E-state index contributed by atoms with van der Waals surface area (Å²) in [6, 6.07) is -1.55. The highest BCUT2D eigenvalue weighted by molar-refractivity contribution is 7.47. The van der Waals surface area contributed by atoms with Gasteiger partial charge in [-0.05, 0) is 70.6 Å². The van der Waals surface area contributed by atoms with Crippen molar-refractivity contribution in [2.24, 2.45) is 0 Å². The molecule has 0 aromatic rings. The molecule has 3 unspecified atom stereocenters. The van der Waals surface area contributed by atoms with Gasteiger partial charge in [-0.1, -0.05) is 153 Å². The number of carbonyl (C=O) groups is 3. The Hall–Kier alpha value is -2.30. The number of esters is 1. The maximum absolute atomic E-state index is 12.3. The standard InChI is InChI=1S/C45H82NO10P/c1-3-5-7-9-11-13-15-17-19-20-21-22-23-25-27-29-31-33-35-37-44(49)54-38-41(47)39-55-57(52,53)56-40-42(45(50)51)46-43(48)36-34-32-30-28-26-24-18-16-14-12-10-8-6-4-2/h11,13,16-19,41-42,47H,3-10,12,14-15,20-40H2,1-2H3,(H,46,48)(H,50,51)(H,52,53)/b13-11-,18-16-,19-17-. The summed E-state index contributed by atoms with van der Waals surface area (Å²) < 4.78 is 26.8. The van der Waals surface area contributed by atoms with Gasteiger partial charge >= 0.3 is 19.8 Å². The Bertz CT molecular complexity index is 1110. The number of carboxylic acids is 1. The molecule has 332 valence electrons. The maximum Gasteiger partial charge on any atom is 0.472 e. The van der Waals surface area contributed by atoms with Crippen molar-refractivity contribution in [1.29, 1.82) is 0 Å². The van der Waals surface area contributed by atoms with Crippen LogP contribution in [0.15, 0.2) is 36.5 Å². The Labute approximate surface area is 346 Å². The van der Waals surface area contributed by atoms with Crippen molar-refractivity contribution in [2.75, 3.05) is 19.8 Å². The number of carbonyl (C=O) groups excluding carboxylic acids is 2. The lowest BCUT2D eigenvalue weighted by Gasteiger charge is -2.18. The molecule has 0 aliphatic carbocycles. The van der Waals surface area contributed by atoms with Gasteiger partial charge < -0.3 is 25.2 Å². The van der Waals surface area contributed by atoms with E-state index in [2.05, 4.69) is 55.6 Å². The smallest absolute Gasteiger partial charge is 0.472 e. The van der Waals surface area contributed by atoms with Crippen molar-refractivity contribution in [3.05, 3.63) is 36.5 Å². The van der Waals surface area contributed by atoms with E-state index in [0.29, 0.717) is 12.8 Å². The summed E-state index contributed by atoms with van der Waals surface area (Å²) in [4.78, 5) is 45.9. The van der Waals surface area contributed by atoms with Crippen molar-refractivity contribution in [3.8, 4) is 0 Å². The molecule has 1 amide bonds. The Morgan fingerprint density at radius 1 is 0.561 bits per heavy atom. The second-order valence-corrected chi connectivity index (χ2v) is 16.7. The summed E-state index contributed by atoms with van der Waals surface area (Å²) in [7, 11) is -4.76. The van der Waals surface area contributed by atoms with Crippen LogP contribution in [0.5, 0.6) is 0 Å². The number of nitrogens with one attached hydrogen (secondary N) is 1. The number of aliphatic hydroxyl groups excluding tert-OH is 1. The molecule has 0 radical (unpaired) electrons. The molecule has 0 aromatic carbocycles. The third-order valence-electron chi connectivity index (χ3n) is 9.65. The van der Waals surface area contributed by atoms with Gasteiger partial charge in [0.1, 0.15) is 12.7 Å². The number of hydrogen-bond acceptors (Lipinski definition) is 8. The van der Waals surface area contributed by atoms with E-state index in [4.69, 9.17) is 13.8 Å². The second-order valence-electron chi connectivity index (χ2n) is 15.2. The first-order valence-corrected chi connectivity index (χ1v) is 24.0. The van der Waals surface area contributed by atoms with Gasteiger partial charge in [0, 0.05) is 12.8 Å². The molecule has 57 heavy (non-hydrogen) atoms. The van der Waals surface area contributed by atoms with Crippen LogP contribution in [-0.2, 0) is 32.7 Å². The molecule has 0 saturated heterocycles. The molecule has 12 heteroatoms. The lowest BCUT2D eigenvalue weighted by Crippen LogP contribution is -2.43. The highest BCUT2D eigenvalue weighted by Gasteiger charge is 2.28. The number of rotatable bonds is 42. The average molecular weight is 828 g/mol. The maximum atomic E-state index is 12.3. The van der Waals surface area contributed by atoms with Crippen LogP contribution in [0.1, 0.15) is 200 Å². The zero-order valence-corrected chi connectivity index (χ0v) is 36.8. The third-order valence-corrected chi connectivity index (χ3v) is 10.6. The first-order chi connectivity index (χ1) is 27.6. The number of aliphatic hydroxyl groups is 1. The quantitative estimate of drug-likeness (QED) is 0.0201. The van der Waals surface area contributed by atoms with Crippen molar-refractivity contribution in [1.82, 2.24) is 5.32 Å². The first-order valence-electron chi connectivity index (χ1n) is 22.5. The molecule has 0 spiro atoms. The fourth-order valence-electron chi connectivity index (χ4n) is 6.10. The van der Waals surface area contributed by atoms with E-state index in [1.807, 2.05) is 0 Å². The van der Waals surface area contributed by atoms with E-state index in [1.165, 1.54) is 89.9 Å². The molecule has 0 bridgehead atoms. The van der Waals surface area contributed by atoms with Gasteiger partial charge in [0.15, 0.2) is 6.04 Å². The number of allylic oxidation sites excluding steroid dienone is 6. The lowest BCUT2D eigenvalue weighted by molar-refractivity contribution is -0.147. The van der Waals surface area contributed by atoms with E-state index in [0.717, 1.165) is 70.6 Å². The predicted molar refractivity (Wildman–Crippen MR) is 231 cm³/mol. The Balaban J connectivity index is 3.88. The van der Waals surface area contributed by atoms with Gasteiger partial charge in [0.25, 0.3) is 0 Å². The molecule has 3 atom stereocenters. The number of hydrogen-bond donors (Lipinski definition) is 4. The molecule has 0 aliphatic rings. The Morgan fingerprint density at radius 2 is 0.965 bits per heavy atom. The number of amides is 1. The molecule has 0 saturated carbocycles. The molecular formula is C45H82NO10P. The number of ether oxygens (including phenoxy) is 1. The highest BCUT2D eigenvalue weighted by atomic mass is 31.2. The van der Waals surface area contributed by atoms with Gasteiger partial charge in [0.05, 0.1) is 13.2 Å². The van der Waals surface area contributed by atoms with E-state index < -0.39 is 57.6 Å². The van der Waals surface area contributed by atoms with Gasteiger partial charge in [-0.2, -0.15) is 0 Å². The van der Waals surface area contributed by atoms with E-state index in [9.17, 15) is 34.1 Å². The number of aliphatic carboxylic acids is 1. The number of phosphoric ester groups is 1.